The van der Waals surface area contributed by atoms with E-state index in [0.717, 1.165) is 38.2 Å². The molecule has 0 saturated carbocycles. The second kappa shape index (κ2) is 10.5. The zero-order valence-corrected chi connectivity index (χ0v) is 17.2. The van der Waals surface area contributed by atoms with E-state index in [0.29, 0.717) is 37.7 Å². The van der Waals surface area contributed by atoms with Crippen LogP contribution >= 0.6 is 0 Å². The first-order valence-electron chi connectivity index (χ1n) is 10.6. The number of likely N-dealkylation sites (tertiary alicyclic amines) is 1. The Hall–Kier alpha value is -2.48. The second-order valence-electron chi connectivity index (χ2n) is 7.69. The molecule has 2 aliphatic heterocycles. The summed E-state index contributed by atoms with van der Waals surface area (Å²) >= 11 is 0. The van der Waals surface area contributed by atoms with Gasteiger partial charge in [-0.15, -0.1) is 0 Å². The molecule has 2 aliphatic rings. The second-order valence-corrected chi connectivity index (χ2v) is 7.69. The van der Waals surface area contributed by atoms with Crippen molar-refractivity contribution in [3.63, 3.8) is 0 Å². The minimum atomic E-state index is -0.146. The molecular formula is C23H29N3O4. The summed E-state index contributed by atoms with van der Waals surface area (Å²) in [6.45, 7) is 4.89. The number of pyridine rings is 1. The van der Waals surface area contributed by atoms with Crippen LogP contribution < -0.4 is 10.1 Å². The number of aromatic nitrogens is 1. The summed E-state index contributed by atoms with van der Waals surface area (Å²) in [5.74, 6) is 0.492. The summed E-state index contributed by atoms with van der Waals surface area (Å²) in [4.78, 5) is 19.5. The predicted octanol–water partition coefficient (Wildman–Crippen LogP) is 2.27. The van der Waals surface area contributed by atoms with Crippen molar-refractivity contribution in [1.29, 1.82) is 0 Å². The highest BCUT2D eigenvalue weighted by Gasteiger charge is 2.23. The number of amides is 1. The fourth-order valence-electron chi connectivity index (χ4n) is 3.80. The van der Waals surface area contributed by atoms with E-state index < -0.39 is 0 Å². The Morgan fingerprint density at radius 1 is 1.13 bits per heavy atom. The number of carbonyl (C=O) groups excluding carboxylic acids is 1. The Bertz CT molecular complexity index is 803. The summed E-state index contributed by atoms with van der Waals surface area (Å²) in [7, 11) is 0. The Kier molecular flexibility index (Phi) is 7.29. The van der Waals surface area contributed by atoms with Gasteiger partial charge in [-0.25, -0.2) is 0 Å². The van der Waals surface area contributed by atoms with Crippen molar-refractivity contribution >= 4 is 5.91 Å². The highest BCUT2D eigenvalue weighted by atomic mass is 16.6. The fourth-order valence-corrected chi connectivity index (χ4v) is 3.80. The first kappa shape index (κ1) is 20.8. The number of benzene rings is 1. The first-order chi connectivity index (χ1) is 14.8. The van der Waals surface area contributed by atoms with Gasteiger partial charge in [0.15, 0.2) is 0 Å². The third kappa shape index (κ3) is 5.78. The minimum Gasteiger partial charge on any atom is -0.489 e. The van der Waals surface area contributed by atoms with Crippen molar-refractivity contribution in [1.82, 2.24) is 15.2 Å². The number of hydrogen-bond acceptors (Lipinski definition) is 6. The molecule has 2 saturated heterocycles. The number of rotatable bonds is 7. The minimum absolute atomic E-state index is 0.0980. The topological polar surface area (TPSA) is 72.9 Å². The summed E-state index contributed by atoms with van der Waals surface area (Å²) in [6, 6.07) is 13.5. The van der Waals surface area contributed by atoms with Gasteiger partial charge in [0.1, 0.15) is 11.9 Å². The molecular weight excluding hydrogens is 382 g/mol. The summed E-state index contributed by atoms with van der Waals surface area (Å²) in [5, 5.41) is 2.94. The van der Waals surface area contributed by atoms with E-state index in [1.165, 1.54) is 0 Å². The summed E-state index contributed by atoms with van der Waals surface area (Å²) in [6.07, 6.45) is 3.69. The largest absolute Gasteiger partial charge is 0.489 e. The van der Waals surface area contributed by atoms with Gasteiger partial charge in [0.05, 0.1) is 37.2 Å². The van der Waals surface area contributed by atoms with E-state index >= 15 is 0 Å². The average molecular weight is 412 g/mol. The molecule has 3 heterocycles. The molecule has 1 unspecified atom stereocenters. The van der Waals surface area contributed by atoms with Crippen LogP contribution in [0.1, 0.15) is 28.9 Å². The van der Waals surface area contributed by atoms with E-state index in [9.17, 15) is 4.79 Å². The summed E-state index contributed by atoms with van der Waals surface area (Å²) in [5.41, 5.74) is 1.65. The smallest absolute Gasteiger partial charge is 0.255 e. The normalized spacial score (nSPS) is 20.6. The zero-order valence-electron chi connectivity index (χ0n) is 17.2. The SMILES string of the molecule is O=C(NCC1COCCO1)c1ccccc1OC1CCN(Cc2ccccn2)CC1. The maximum Gasteiger partial charge on any atom is 0.255 e. The molecule has 1 amide bonds. The van der Waals surface area contributed by atoms with Gasteiger partial charge in [-0.1, -0.05) is 18.2 Å². The van der Waals surface area contributed by atoms with Gasteiger partial charge in [-0.2, -0.15) is 0 Å². The van der Waals surface area contributed by atoms with E-state index in [4.69, 9.17) is 14.2 Å². The van der Waals surface area contributed by atoms with Gasteiger partial charge in [-0.05, 0) is 37.1 Å². The van der Waals surface area contributed by atoms with E-state index in [1.54, 1.807) is 6.07 Å². The van der Waals surface area contributed by atoms with Gasteiger partial charge in [0.25, 0.3) is 5.91 Å². The van der Waals surface area contributed by atoms with Crippen LogP contribution in [0.15, 0.2) is 48.7 Å². The lowest BCUT2D eigenvalue weighted by molar-refractivity contribution is -0.0855. The quantitative estimate of drug-likeness (QED) is 0.754. The van der Waals surface area contributed by atoms with Crippen molar-refractivity contribution < 1.29 is 19.0 Å². The van der Waals surface area contributed by atoms with Crippen molar-refractivity contribution in [2.45, 2.75) is 31.6 Å². The molecule has 2 fully saturated rings. The zero-order chi connectivity index (χ0) is 20.6. The molecule has 1 aromatic heterocycles. The van der Waals surface area contributed by atoms with Gasteiger partial charge in [-0.3, -0.25) is 14.7 Å². The predicted molar refractivity (Wildman–Crippen MR) is 112 cm³/mol. The van der Waals surface area contributed by atoms with Crippen LogP contribution in [-0.2, 0) is 16.0 Å². The Balaban J connectivity index is 1.28. The van der Waals surface area contributed by atoms with E-state index in [1.807, 2.05) is 36.5 Å². The number of carbonyl (C=O) groups is 1. The maximum atomic E-state index is 12.7. The van der Waals surface area contributed by atoms with Crippen LogP contribution in [0, 0.1) is 0 Å². The van der Waals surface area contributed by atoms with Crippen LogP contribution in [0.3, 0.4) is 0 Å². The molecule has 0 radical (unpaired) electrons. The molecule has 7 nitrogen and oxygen atoms in total. The fraction of sp³-hybridized carbons (Fsp3) is 0.478. The van der Waals surface area contributed by atoms with Gasteiger partial charge >= 0.3 is 0 Å². The molecule has 160 valence electrons. The highest BCUT2D eigenvalue weighted by Crippen LogP contribution is 2.23. The number of ether oxygens (including phenoxy) is 3. The number of nitrogens with zero attached hydrogens (tertiary/aromatic N) is 2. The standard InChI is InChI=1S/C23H29N3O4/c27-23(25-15-20-17-28-13-14-29-20)21-6-1-2-7-22(21)30-19-8-11-26(12-9-19)16-18-5-3-4-10-24-18/h1-7,10,19-20H,8-9,11-17H2,(H,25,27). The van der Waals surface area contributed by atoms with E-state index in [-0.39, 0.29) is 18.1 Å². The molecule has 1 N–H and O–H groups in total. The van der Waals surface area contributed by atoms with Gasteiger partial charge in [0.2, 0.25) is 0 Å². The molecule has 0 bridgehead atoms. The van der Waals surface area contributed by atoms with Crippen molar-refractivity contribution in [2.24, 2.45) is 0 Å². The monoisotopic (exact) mass is 411 g/mol. The van der Waals surface area contributed by atoms with Gasteiger partial charge in [0, 0.05) is 32.4 Å². The number of piperidine rings is 1. The van der Waals surface area contributed by atoms with Crippen molar-refractivity contribution in [3.8, 4) is 5.75 Å². The maximum absolute atomic E-state index is 12.7. The van der Waals surface area contributed by atoms with Crippen molar-refractivity contribution in [2.75, 3.05) is 39.5 Å². The molecule has 0 spiro atoms. The number of nitrogens with one attached hydrogen (secondary N) is 1. The molecule has 4 rings (SSSR count). The first-order valence-corrected chi connectivity index (χ1v) is 10.6. The molecule has 1 atom stereocenters. The van der Waals surface area contributed by atoms with Crippen LogP contribution in [0.25, 0.3) is 0 Å². The van der Waals surface area contributed by atoms with Gasteiger partial charge < -0.3 is 19.5 Å². The molecule has 7 heteroatoms. The number of hydrogen-bond donors (Lipinski definition) is 1. The van der Waals surface area contributed by atoms with Crippen molar-refractivity contribution in [3.05, 3.63) is 59.9 Å². The third-order valence-corrected chi connectivity index (χ3v) is 5.45. The highest BCUT2D eigenvalue weighted by molar-refractivity contribution is 5.96. The molecule has 0 aliphatic carbocycles. The third-order valence-electron chi connectivity index (χ3n) is 5.45. The van der Waals surface area contributed by atoms with Crippen LogP contribution in [0.2, 0.25) is 0 Å². The van der Waals surface area contributed by atoms with Crippen LogP contribution in [-0.4, -0.2) is 67.5 Å². The lowest BCUT2D eigenvalue weighted by Crippen LogP contribution is -2.40. The van der Waals surface area contributed by atoms with E-state index in [2.05, 4.69) is 21.3 Å². The Morgan fingerprint density at radius 3 is 2.73 bits per heavy atom. The number of para-hydroxylation sites is 1. The Labute approximate surface area is 177 Å². The van der Waals surface area contributed by atoms with Crippen LogP contribution in [0.5, 0.6) is 5.75 Å². The lowest BCUT2D eigenvalue weighted by atomic mass is 10.1. The lowest BCUT2D eigenvalue weighted by Gasteiger charge is -2.32. The molecule has 30 heavy (non-hydrogen) atoms. The average Bonchev–Trinajstić information content (AvgIpc) is 2.80. The molecule has 1 aromatic carbocycles. The Morgan fingerprint density at radius 2 is 1.97 bits per heavy atom. The summed E-state index contributed by atoms with van der Waals surface area (Å²) < 4.78 is 17.2. The van der Waals surface area contributed by atoms with Crippen LogP contribution in [0.4, 0.5) is 0 Å². The molecule has 2 aromatic rings.